The molecule has 2 heterocycles. The fourth-order valence-electron chi connectivity index (χ4n) is 3.44. The summed E-state index contributed by atoms with van der Waals surface area (Å²) in [5.74, 6) is -0.297. The van der Waals surface area contributed by atoms with Crippen molar-refractivity contribution >= 4 is 17.6 Å². The summed E-state index contributed by atoms with van der Waals surface area (Å²) < 4.78 is 10.3. The molecule has 0 aliphatic carbocycles. The molecule has 0 saturated carbocycles. The molecule has 1 aromatic carbocycles. The van der Waals surface area contributed by atoms with Crippen LogP contribution in [0, 0.1) is 0 Å². The third-order valence-corrected chi connectivity index (χ3v) is 4.69. The Kier molecular flexibility index (Phi) is 5.35. The van der Waals surface area contributed by atoms with E-state index in [1.165, 1.54) is 12.7 Å². The highest BCUT2D eigenvalue weighted by molar-refractivity contribution is 5.83. The number of para-hydroxylation sites is 1. The number of amides is 1. The van der Waals surface area contributed by atoms with Crippen LogP contribution in [0.2, 0.25) is 0 Å². The molecule has 6 heteroatoms. The first kappa shape index (κ1) is 16.8. The van der Waals surface area contributed by atoms with Gasteiger partial charge in [-0.15, -0.1) is 0 Å². The summed E-state index contributed by atoms with van der Waals surface area (Å²) in [6, 6.07) is 7.94. The first-order valence-electron chi connectivity index (χ1n) is 8.47. The normalized spacial score (nSPS) is 22.3. The van der Waals surface area contributed by atoms with Gasteiger partial charge in [-0.1, -0.05) is 18.2 Å². The number of esters is 1. The van der Waals surface area contributed by atoms with Gasteiger partial charge in [0, 0.05) is 24.9 Å². The van der Waals surface area contributed by atoms with Crippen molar-refractivity contribution in [2.45, 2.75) is 37.8 Å². The average molecular weight is 332 g/mol. The fourth-order valence-corrected chi connectivity index (χ4v) is 3.44. The van der Waals surface area contributed by atoms with Crippen molar-refractivity contribution in [2.24, 2.45) is 0 Å². The number of carbonyl (C=O) groups excluding carboxylic acids is 2. The Hall–Kier alpha value is -2.08. The summed E-state index contributed by atoms with van der Waals surface area (Å²) in [4.78, 5) is 26.0. The summed E-state index contributed by atoms with van der Waals surface area (Å²) >= 11 is 0. The molecule has 0 spiro atoms. The third-order valence-electron chi connectivity index (χ3n) is 4.69. The van der Waals surface area contributed by atoms with Crippen LogP contribution in [0.15, 0.2) is 24.3 Å². The maximum absolute atomic E-state index is 12.3. The van der Waals surface area contributed by atoms with Crippen molar-refractivity contribution in [3.8, 4) is 0 Å². The molecule has 2 atom stereocenters. The first-order chi connectivity index (χ1) is 11.7. The van der Waals surface area contributed by atoms with Crippen LogP contribution in [-0.2, 0) is 25.5 Å². The molecule has 2 aliphatic rings. The Morgan fingerprint density at radius 1 is 1.38 bits per heavy atom. The SMILES string of the molecule is COC(=O)C[C@H]1Cc2ccccc2N1CC(=O)NC[C@@H]1CCCO1. The lowest BCUT2D eigenvalue weighted by atomic mass is 10.1. The molecule has 0 bridgehead atoms. The fraction of sp³-hybridized carbons (Fsp3) is 0.556. The predicted octanol–water partition coefficient (Wildman–Crippen LogP) is 1.28. The van der Waals surface area contributed by atoms with E-state index < -0.39 is 0 Å². The van der Waals surface area contributed by atoms with E-state index in [0.29, 0.717) is 6.54 Å². The predicted molar refractivity (Wildman–Crippen MR) is 89.9 cm³/mol. The molecule has 6 nitrogen and oxygen atoms in total. The van der Waals surface area contributed by atoms with Crippen LogP contribution >= 0.6 is 0 Å². The molecule has 1 fully saturated rings. The summed E-state index contributed by atoms with van der Waals surface area (Å²) in [7, 11) is 1.39. The monoisotopic (exact) mass is 332 g/mol. The van der Waals surface area contributed by atoms with Gasteiger partial charge in [0.15, 0.2) is 0 Å². The number of rotatable bonds is 6. The molecule has 0 unspecified atom stereocenters. The Labute approximate surface area is 142 Å². The number of methoxy groups -OCH3 is 1. The summed E-state index contributed by atoms with van der Waals surface area (Å²) in [5.41, 5.74) is 2.19. The van der Waals surface area contributed by atoms with Gasteiger partial charge in [-0.3, -0.25) is 9.59 Å². The molecule has 1 aromatic rings. The summed E-state index contributed by atoms with van der Waals surface area (Å²) in [6.07, 6.45) is 3.22. The van der Waals surface area contributed by atoms with Crippen LogP contribution < -0.4 is 10.2 Å². The van der Waals surface area contributed by atoms with Crippen LogP contribution in [0.25, 0.3) is 0 Å². The minimum absolute atomic E-state index is 0.0386. The van der Waals surface area contributed by atoms with Gasteiger partial charge in [0.1, 0.15) is 0 Å². The minimum Gasteiger partial charge on any atom is -0.469 e. The second-order valence-corrected chi connectivity index (χ2v) is 6.33. The number of carbonyl (C=O) groups is 2. The summed E-state index contributed by atoms with van der Waals surface area (Å²) in [6.45, 7) is 1.57. The summed E-state index contributed by atoms with van der Waals surface area (Å²) in [5, 5.41) is 2.95. The molecule has 2 aliphatic heterocycles. The van der Waals surface area contributed by atoms with Gasteiger partial charge in [-0.2, -0.15) is 0 Å². The largest absolute Gasteiger partial charge is 0.469 e. The number of hydrogen-bond donors (Lipinski definition) is 1. The second kappa shape index (κ2) is 7.66. The number of hydrogen-bond acceptors (Lipinski definition) is 5. The van der Waals surface area contributed by atoms with Crippen molar-refractivity contribution in [3.05, 3.63) is 29.8 Å². The van der Waals surface area contributed by atoms with Gasteiger partial charge in [-0.05, 0) is 30.9 Å². The van der Waals surface area contributed by atoms with Gasteiger partial charge in [0.2, 0.25) is 5.91 Å². The van der Waals surface area contributed by atoms with Gasteiger partial charge in [-0.25, -0.2) is 0 Å². The van der Waals surface area contributed by atoms with E-state index in [-0.39, 0.29) is 37.0 Å². The van der Waals surface area contributed by atoms with Crippen molar-refractivity contribution in [1.29, 1.82) is 0 Å². The van der Waals surface area contributed by atoms with E-state index in [9.17, 15) is 9.59 Å². The number of fused-ring (bicyclic) bond motifs is 1. The lowest BCUT2D eigenvalue weighted by molar-refractivity contribution is -0.141. The maximum atomic E-state index is 12.3. The molecule has 1 saturated heterocycles. The maximum Gasteiger partial charge on any atom is 0.307 e. The lowest BCUT2D eigenvalue weighted by Crippen LogP contribution is -2.43. The Balaban J connectivity index is 1.62. The zero-order valence-electron chi connectivity index (χ0n) is 14.0. The smallest absolute Gasteiger partial charge is 0.307 e. The van der Waals surface area contributed by atoms with Crippen molar-refractivity contribution in [1.82, 2.24) is 5.32 Å². The molecule has 1 amide bonds. The quantitative estimate of drug-likeness (QED) is 0.795. The van der Waals surface area contributed by atoms with Crippen LogP contribution in [0.1, 0.15) is 24.8 Å². The van der Waals surface area contributed by atoms with E-state index in [0.717, 1.165) is 31.6 Å². The van der Waals surface area contributed by atoms with Crippen molar-refractivity contribution < 1.29 is 19.1 Å². The highest BCUT2D eigenvalue weighted by atomic mass is 16.5. The van der Waals surface area contributed by atoms with E-state index in [4.69, 9.17) is 9.47 Å². The highest BCUT2D eigenvalue weighted by Crippen LogP contribution is 2.33. The molecule has 130 valence electrons. The molecule has 0 aromatic heterocycles. The number of benzene rings is 1. The number of nitrogens with one attached hydrogen (secondary N) is 1. The zero-order valence-corrected chi connectivity index (χ0v) is 14.0. The number of anilines is 1. The number of nitrogens with zero attached hydrogens (tertiary/aromatic N) is 1. The second-order valence-electron chi connectivity index (χ2n) is 6.33. The van der Waals surface area contributed by atoms with Crippen molar-refractivity contribution in [3.63, 3.8) is 0 Å². The van der Waals surface area contributed by atoms with Crippen LogP contribution in [0.5, 0.6) is 0 Å². The molecule has 0 radical (unpaired) electrons. The Morgan fingerprint density at radius 3 is 2.96 bits per heavy atom. The first-order valence-corrected chi connectivity index (χ1v) is 8.47. The molecular formula is C18H24N2O4. The molecular weight excluding hydrogens is 308 g/mol. The van der Waals surface area contributed by atoms with Crippen molar-refractivity contribution in [2.75, 3.05) is 31.7 Å². The van der Waals surface area contributed by atoms with E-state index >= 15 is 0 Å². The topological polar surface area (TPSA) is 67.9 Å². The average Bonchev–Trinajstić information content (AvgIpc) is 3.21. The van der Waals surface area contributed by atoms with Gasteiger partial charge in [0.25, 0.3) is 0 Å². The van der Waals surface area contributed by atoms with Gasteiger partial charge >= 0.3 is 5.97 Å². The molecule has 3 rings (SSSR count). The standard InChI is InChI=1S/C18H24N2O4/c1-23-18(22)10-14-9-13-5-2-3-7-16(13)20(14)12-17(21)19-11-15-6-4-8-24-15/h2-3,5,7,14-15H,4,6,8-12H2,1H3,(H,19,21)/t14-,15+/m1/s1. The van der Waals surface area contributed by atoms with Crippen LogP contribution in [-0.4, -0.2) is 50.8 Å². The number of ether oxygens (including phenoxy) is 2. The van der Waals surface area contributed by atoms with Gasteiger partial charge in [0.05, 0.1) is 26.2 Å². The Bertz CT molecular complexity index is 598. The zero-order chi connectivity index (χ0) is 16.9. The van der Waals surface area contributed by atoms with Crippen LogP contribution in [0.4, 0.5) is 5.69 Å². The van der Waals surface area contributed by atoms with E-state index in [2.05, 4.69) is 5.32 Å². The lowest BCUT2D eigenvalue weighted by Gasteiger charge is -2.26. The highest BCUT2D eigenvalue weighted by Gasteiger charge is 2.32. The van der Waals surface area contributed by atoms with E-state index in [1.54, 1.807) is 0 Å². The van der Waals surface area contributed by atoms with Crippen LogP contribution in [0.3, 0.4) is 0 Å². The molecule has 1 N–H and O–H groups in total. The Morgan fingerprint density at radius 2 is 2.21 bits per heavy atom. The molecule has 24 heavy (non-hydrogen) atoms. The minimum atomic E-state index is -0.252. The van der Waals surface area contributed by atoms with Gasteiger partial charge < -0.3 is 19.7 Å². The van der Waals surface area contributed by atoms with E-state index in [1.807, 2.05) is 29.2 Å². The third kappa shape index (κ3) is 3.87.